The van der Waals surface area contributed by atoms with Crippen LogP contribution >= 0.6 is 11.3 Å². The van der Waals surface area contributed by atoms with Gasteiger partial charge >= 0.3 is 5.69 Å². The van der Waals surface area contributed by atoms with Gasteiger partial charge in [-0.05, 0) is 55.5 Å². The number of sulfonamides is 1. The Hall–Kier alpha value is -2.43. The Bertz CT molecular complexity index is 1260. The van der Waals surface area contributed by atoms with Crippen LogP contribution in [0.25, 0.3) is 11.0 Å². The fourth-order valence-electron chi connectivity index (χ4n) is 4.20. The molecule has 0 spiro atoms. The minimum Gasteiger partial charge on any atom is -0.335 e. The van der Waals surface area contributed by atoms with Gasteiger partial charge in [0.1, 0.15) is 0 Å². The molecule has 1 saturated heterocycles. The van der Waals surface area contributed by atoms with Crippen molar-refractivity contribution >= 4 is 38.3 Å². The summed E-state index contributed by atoms with van der Waals surface area (Å²) in [5.41, 5.74) is 1.94. The highest BCUT2D eigenvalue weighted by Crippen LogP contribution is 2.30. The van der Waals surface area contributed by atoms with Crippen LogP contribution in [0.2, 0.25) is 0 Å². The van der Waals surface area contributed by atoms with Gasteiger partial charge in [-0.2, -0.15) is 4.31 Å². The van der Waals surface area contributed by atoms with E-state index in [0.29, 0.717) is 24.1 Å². The molecular formula is C20H22N4O4S2. The summed E-state index contributed by atoms with van der Waals surface area (Å²) in [5.74, 6) is -0.00207. The molecule has 1 amide bonds. The molecule has 2 aromatic heterocycles. The van der Waals surface area contributed by atoms with Gasteiger partial charge in [0.2, 0.25) is 10.0 Å². The van der Waals surface area contributed by atoms with Crippen LogP contribution in [0.1, 0.15) is 33.0 Å². The Labute approximate surface area is 177 Å². The molecule has 10 heteroatoms. The van der Waals surface area contributed by atoms with Crippen molar-refractivity contribution in [2.24, 2.45) is 0 Å². The van der Waals surface area contributed by atoms with Gasteiger partial charge in [-0.25, -0.2) is 13.2 Å². The maximum atomic E-state index is 13.0. The van der Waals surface area contributed by atoms with Crippen molar-refractivity contribution in [1.29, 1.82) is 0 Å². The number of hydrogen-bond donors (Lipinski definition) is 2. The molecule has 0 atom stereocenters. The fourth-order valence-corrected chi connectivity index (χ4v) is 6.88. The van der Waals surface area contributed by atoms with Crippen molar-refractivity contribution in [2.45, 2.75) is 30.6 Å². The maximum absolute atomic E-state index is 13.0. The van der Waals surface area contributed by atoms with E-state index < -0.39 is 10.0 Å². The number of imidazole rings is 1. The number of hydrogen-bond acceptors (Lipinski definition) is 5. The summed E-state index contributed by atoms with van der Waals surface area (Å²) >= 11 is 1.59. The second-order valence-electron chi connectivity index (χ2n) is 7.75. The minimum atomic E-state index is -3.70. The van der Waals surface area contributed by atoms with Crippen molar-refractivity contribution in [1.82, 2.24) is 19.2 Å². The lowest BCUT2D eigenvalue weighted by Crippen LogP contribution is -2.50. The highest BCUT2D eigenvalue weighted by atomic mass is 32.2. The monoisotopic (exact) mass is 446 g/mol. The average Bonchev–Trinajstić information content (AvgIpc) is 3.35. The summed E-state index contributed by atoms with van der Waals surface area (Å²) in [6.07, 6.45) is 4.45. The Morgan fingerprint density at radius 1 is 0.967 bits per heavy atom. The summed E-state index contributed by atoms with van der Waals surface area (Å²) < 4.78 is 27.5. The zero-order valence-electron chi connectivity index (χ0n) is 16.3. The Balaban J connectivity index is 1.30. The summed E-state index contributed by atoms with van der Waals surface area (Å²) in [5, 5.41) is 0. The number of aromatic nitrogens is 2. The van der Waals surface area contributed by atoms with Crippen molar-refractivity contribution in [3.8, 4) is 0 Å². The number of aryl methyl sites for hydroxylation is 2. The SMILES string of the molecule is O=C(c1cc2c(s1)CCCC2)N1CCN(S(=O)(=O)c2ccc3[nH]c(=O)[nH]c3c2)CC1. The van der Waals surface area contributed by atoms with Crippen LogP contribution < -0.4 is 5.69 Å². The number of rotatable bonds is 3. The van der Waals surface area contributed by atoms with Crippen LogP contribution in [0.5, 0.6) is 0 Å². The molecule has 1 aromatic carbocycles. The summed E-state index contributed by atoms with van der Waals surface area (Å²) in [7, 11) is -3.70. The topological polar surface area (TPSA) is 106 Å². The second kappa shape index (κ2) is 7.36. The standard InChI is InChI=1S/C20H22N4O4S2/c25-19(18-11-13-3-1-2-4-17(13)29-18)23-7-9-24(10-8-23)30(27,28)14-5-6-15-16(12-14)22-20(26)21-15/h5-6,11-12H,1-4,7-10H2,(H2,21,22,26). The first kappa shape index (κ1) is 19.5. The maximum Gasteiger partial charge on any atom is 0.323 e. The molecule has 0 radical (unpaired) electrons. The van der Waals surface area contributed by atoms with Crippen LogP contribution in [0.3, 0.4) is 0 Å². The molecule has 3 aromatic rings. The third kappa shape index (κ3) is 3.38. The van der Waals surface area contributed by atoms with E-state index in [-0.39, 0.29) is 29.6 Å². The van der Waals surface area contributed by atoms with E-state index in [1.54, 1.807) is 22.3 Å². The Kier molecular flexibility index (Phi) is 4.79. The average molecular weight is 447 g/mol. The lowest BCUT2D eigenvalue weighted by molar-refractivity contribution is 0.0702. The van der Waals surface area contributed by atoms with Gasteiger partial charge in [0.05, 0.1) is 20.8 Å². The molecule has 0 saturated carbocycles. The van der Waals surface area contributed by atoms with E-state index in [4.69, 9.17) is 0 Å². The molecule has 2 aliphatic rings. The van der Waals surface area contributed by atoms with Gasteiger partial charge in [0.15, 0.2) is 0 Å². The highest BCUT2D eigenvalue weighted by molar-refractivity contribution is 7.89. The first-order valence-corrected chi connectivity index (χ1v) is 12.3. The number of piperazine rings is 1. The number of benzene rings is 1. The van der Waals surface area contributed by atoms with Gasteiger partial charge in [0, 0.05) is 31.1 Å². The zero-order chi connectivity index (χ0) is 20.9. The Morgan fingerprint density at radius 2 is 1.70 bits per heavy atom. The smallest absolute Gasteiger partial charge is 0.323 e. The van der Waals surface area contributed by atoms with E-state index in [1.165, 1.54) is 39.7 Å². The van der Waals surface area contributed by atoms with Crippen LogP contribution in [-0.4, -0.2) is 59.7 Å². The van der Waals surface area contributed by atoms with Gasteiger partial charge in [-0.1, -0.05) is 0 Å². The van der Waals surface area contributed by atoms with Crippen molar-refractivity contribution in [2.75, 3.05) is 26.2 Å². The molecule has 1 fully saturated rings. The largest absolute Gasteiger partial charge is 0.335 e. The normalized spacial score (nSPS) is 17.9. The zero-order valence-corrected chi connectivity index (χ0v) is 17.9. The lowest BCUT2D eigenvalue weighted by atomic mass is 9.99. The summed E-state index contributed by atoms with van der Waals surface area (Å²) in [6, 6.07) is 6.57. The van der Waals surface area contributed by atoms with E-state index >= 15 is 0 Å². The first-order chi connectivity index (χ1) is 14.4. The molecule has 30 heavy (non-hydrogen) atoms. The molecule has 0 unspecified atom stereocenters. The predicted octanol–water partition coefficient (Wildman–Crippen LogP) is 1.94. The van der Waals surface area contributed by atoms with Crippen LogP contribution in [-0.2, 0) is 22.9 Å². The molecule has 1 aliphatic carbocycles. The fraction of sp³-hybridized carbons (Fsp3) is 0.400. The van der Waals surface area contributed by atoms with Crippen molar-refractivity contribution in [3.63, 3.8) is 0 Å². The van der Waals surface area contributed by atoms with Crippen LogP contribution in [0.15, 0.2) is 34.0 Å². The van der Waals surface area contributed by atoms with Gasteiger partial charge in [-0.3, -0.25) is 4.79 Å². The van der Waals surface area contributed by atoms with Crippen LogP contribution in [0, 0.1) is 0 Å². The molecule has 1 aliphatic heterocycles. The number of nitrogens with zero attached hydrogens (tertiary/aromatic N) is 2. The van der Waals surface area contributed by atoms with E-state index in [2.05, 4.69) is 9.97 Å². The number of amides is 1. The van der Waals surface area contributed by atoms with Crippen molar-refractivity contribution in [3.05, 3.63) is 50.1 Å². The number of fused-ring (bicyclic) bond motifs is 2. The first-order valence-electron chi connectivity index (χ1n) is 10.0. The molecular weight excluding hydrogens is 424 g/mol. The third-order valence-electron chi connectivity index (χ3n) is 5.86. The molecule has 0 bridgehead atoms. The van der Waals surface area contributed by atoms with Gasteiger partial charge in [-0.15, -0.1) is 11.3 Å². The second-order valence-corrected chi connectivity index (χ2v) is 10.8. The van der Waals surface area contributed by atoms with E-state index in [0.717, 1.165) is 17.7 Å². The predicted molar refractivity (Wildman–Crippen MR) is 115 cm³/mol. The Morgan fingerprint density at radius 3 is 2.47 bits per heavy atom. The van der Waals surface area contributed by atoms with Gasteiger partial charge < -0.3 is 14.9 Å². The quantitative estimate of drug-likeness (QED) is 0.641. The number of carbonyl (C=O) groups is 1. The number of aromatic amines is 2. The number of nitrogens with one attached hydrogen (secondary N) is 2. The number of carbonyl (C=O) groups excluding carboxylic acids is 1. The van der Waals surface area contributed by atoms with Crippen molar-refractivity contribution < 1.29 is 13.2 Å². The number of H-pyrrole nitrogens is 2. The van der Waals surface area contributed by atoms with Crippen LogP contribution in [0.4, 0.5) is 0 Å². The van der Waals surface area contributed by atoms with E-state index in [9.17, 15) is 18.0 Å². The van der Waals surface area contributed by atoms with Gasteiger partial charge in [0.25, 0.3) is 5.91 Å². The lowest BCUT2D eigenvalue weighted by Gasteiger charge is -2.33. The third-order valence-corrected chi connectivity index (χ3v) is 8.98. The number of thiophene rings is 1. The molecule has 3 heterocycles. The summed E-state index contributed by atoms with van der Waals surface area (Å²) in [4.78, 5) is 33.5. The molecule has 2 N–H and O–H groups in total. The molecule has 8 nitrogen and oxygen atoms in total. The summed E-state index contributed by atoms with van der Waals surface area (Å²) in [6.45, 7) is 1.23. The van der Waals surface area contributed by atoms with E-state index in [1.807, 2.05) is 6.07 Å². The minimum absolute atomic E-state index is 0.00207. The molecule has 158 valence electrons. The molecule has 5 rings (SSSR count). The highest BCUT2D eigenvalue weighted by Gasteiger charge is 2.31.